The molecular formula is C14H22N4O2. The third-order valence-corrected chi connectivity index (χ3v) is 3.97. The molecule has 6 nitrogen and oxygen atoms in total. The predicted octanol–water partition coefficient (Wildman–Crippen LogP) is 0.555. The highest BCUT2D eigenvalue weighted by molar-refractivity contribution is 5.81. The maximum atomic E-state index is 12.3. The summed E-state index contributed by atoms with van der Waals surface area (Å²) in [5.74, 6) is 0.158. The van der Waals surface area contributed by atoms with Gasteiger partial charge in [-0.05, 0) is 19.8 Å². The first kappa shape index (κ1) is 13.6. The van der Waals surface area contributed by atoms with E-state index in [2.05, 4.69) is 14.9 Å². The quantitative estimate of drug-likeness (QED) is 0.855. The second-order valence-corrected chi connectivity index (χ2v) is 5.56. The molecule has 1 saturated heterocycles. The lowest BCUT2D eigenvalue weighted by Crippen LogP contribution is -2.49. The Morgan fingerprint density at radius 2 is 2.25 bits per heavy atom. The van der Waals surface area contributed by atoms with Crippen LogP contribution in [0.2, 0.25) is 0 Å². The number of hydrogen-bond acceptors (Lipinski definition) is 4. The van der Waals surface area contributed by atoms with Crippen molar-refractivity contribution in [1.82, 2.24) is 19.8 Å². The first-order valence-electron chi connectivity index (χ1n) is 7.36. The lowest BCUT2D eigenvalue weighted by molar-refractivity contribution is -0.137. The van der Waals surface area contributed by atoms with Crippen molar-refractivity contribution in [1.29, 1.82) is 0 Å². The third kappa shape index (κ3) is 3.02. The van der Waals surface area contributed by atoms with Crippen LogP contribution >= 0.6 is 0 Å². The molecule has 1 amide bonds. The van der Waals surface area contributed by atoms with Crippen LogP contribution < -0.4 is 5.32 Å². The molecule has 3 rings (SSSR count). The van der Waals surface area contributed by atoms with E-state index in [9.17, 15) is 4.79 Å². The minimum absolute atomic E-state index is 0.158. The monoisotopic (exact) mass is 278 g/mol. The fourth-order valence-corrected chi connectivity index (χ4v) is 2.55. The largest absolute Gasteiger partial charge is 0.378 e. The molecule has 20 heavy (non-hydrogen) atoms. The summed E-state index contributed by atoms with van der Waals surface area (Å²) >= 11 is 0. The highest BCUT2D eigenvalue weighted by Crippen LogP contribution is 2.35. The fraction of sp³-hybridized carbons (Fsp3) is 0.714. The van der Waals surface area contributed by atoms with Crippen LogP contribution in [0.5, 0.6) is 0 Å². The smallest absolute Gasteiger partial charge is 0.239 e. The second-order valence-electron chi connectivity index (χ2n) is 5.56. The molecule has 1 aliphatic carbocycles. The Morgan fingerprint density at radius 3 is 2.95 bits per heavy atom. The number of rotatable bonds is 5. The third-order valence-electron chi connectivity index (χ3n) is 3.97. The fourth-order valence-electron chi connectivity index (χ4n) is 2.55. The minimum Gasteiger partial charge on any atom is -0.378 e. The van der Waals surface area contributed by atoms with Crippen molar-refractivity contribution in [3.63, 3.8) is 0 Å². The van der Waals surface area contributed by atoms with Gasteiger partial charge in [0.1, 0.15) is 0 Å². The standard InChI is InChI=1S/C14H22N4O2/c1-11(14(19)17-4-6-20-7-5-17)16-9-13-8-15-10-18(13)12-2-3-12/h8,10-12,16H,2-7,9H2,1H3. The number of morpholine rings is 1. The van der Waals surface area contributed by atoms with Crippen molar-refractivity contribution < 1.29 is 9.53 Å². The number of carbonyl (C=O) groups excluding carboxylic acids is 1. The van der Waals surface area contributed by atoms with E-state index in [1.165, 1.54) is 12.8 Å². The van der Waals surface area contributed by atoms with Gasteiger partial charge in [0.2, 0.25) is 5.91 Å². The summed E-state index contributed by atoms with van der Waals surface area (Å²) in [4.78, 5) is 18.4. The second kappa shape index (κ2) is 5.93. The molecule has 1 aromatic rings. The summed E-state index contributed by atoms with van der Waals surface area (Å²) in [6, 6.07) is 0.454. The number of carbonyl (C=O) groups is 1. The topological polar surface area (TPSA) is 59.4 Å². The van der Waals surface area contributed by atoms with Crippen molar-refractivity contribution in [3.05, 3.63) is 18.2 Å². The Morgan fingerprint density at radius 1 is 1.50 bits per heavy atom. The van der Waals surface area contributed by atoms with Crippen LogP contribution in [-0.4, -0.2) is 52.7 Å². The zero-order valence-electron chi connectivity index (χ0n) is 11.9. The number of nitrogens with one attached hydrogen (secondary N) is 1. The van der Waals surface area contributed by atoms with Crippen molar-refractivity contribution in [2.75, 3.05) is 26.3 Å². The van der Waals surface area contributed by atoms with E-state index in [0.717, 1.165) is 5.69 Å². The summed E-state index contributed by atoms with van der Waals surface area (Å²) in [5, 5.41) is 3.31. The zero-order valence-corrected chi connectivity index (χ0v) is 11.9. The Bertz CT molecular complexity index is 463. The molecule has 0 aromatic carbocycles. The van der Waals surface area contributed by atoms with E-state index in [-0.39, 0.29) is 11.9 Å². The highest BCUT2D eigenvalue weighted by Gasteiger charge is 2.26. The van der Waals surface area contributed by atoms with Gasteiger partial charge in [-0.2, -0.15) is 0 Å². The molecule has 2 heterocycles. The van der Waals surface area contributed by atoms with Gasteiger partial charge in [0.05, 0.1) is 31.3 Å². The van der Waals surface area contributed by atoms with Crippen molar-refractivity contribution in [2.24, 2.45) is 0 Å². The van der Waals surface area contributed by atoms with E-state index < -0.39 is 0 Å². The molecule has 1 unspecified atom stereocenters. The van der Waals surface area contributed by atoms with Gasteiger partial charge in [0, 0.05) is 31.9 Å². The summed E-state index contributed by atoms with van der Waals surface area (Å²) in [6.45, 7) is 5.30. The van der Waals surface area contributed by atoms with E-state index in [1.807, 2.05) is 24.3 Å². The number of imidazole rings is 1. The first-order chi connectivity index (χ1) is 9.75. The van der Waals surface area contributed by atoms with Crippen LogP contribution in [-0.2, 0) is 16.1 Å². The molecule has 1 N–H and O–H groups in total. The molecule has 2 fully saturated rings. The maximum Gasteiger partial charge on any atom is 0.239 e. The number of amides is 1. The van der Waals surface area contributed by atoms with Crippen LogP contribution in [0.25, 0.3) is 0 Å². The molecule has 2 aliphatic rings. The number of hydrogen-bond donors (Lipinski definition) is 1. The average molecular weight is 278 g/mol. The number of ether oxygens (including phenoxy) is 1. The Kier molecular flexibility index (Phi) is 4.03. The van der Waals surface area contributed by atoms with Gasteiger partial charge < -0.3 is 19.5 Å². The zero-order chi connectivity index (χ0) is 13.9. The molecule has 6 heteroatoms. The SMILES string of the molecule is CC(NCc1cncn1C1CC1)C(=O)N1CCOCC1. The molecule has 0 radical (unpaired) electrons. The predicted molar refractivity (Wildman–Crippen MR) is 74.2 cm³/mol. The Hall–Kier alpha value is -1.40. The van der Waals surface area contributed by atoms with E-state index >= 15 is 0 Å². The minimum atomic E-state index is -0.171. The molecule has 0 bridgehead atoms. The number of nitrogens with zero attached hydrogens (tertiary/aromatic N) is 3. The van der Waals surface area contributed by atoms with Crippen LogP contribution in [0.3, 0.4) is 0 Å². The van der Waals surface area contributed by atoms with E-state index in [0.29, 0.717) is 38.9 Å². The van der Waals surface area contributed by atoms with Gasteiger partial charge in [0.15, 0.2) is 0 Å². The maximum absolute atomic E-state index is 12.3. The van der Waals surface area contributed by atoms with Crippen molar-refractivity contribution in [2.45, 2.75) is 38.4 Å². The summed E-state index contributed by atoms with van der Waals surface area (Å²) < 4.78 is 7.49. The molecule has 1 aromatic heterocycles. The molecule has 1 saturated carbocycles. The highest BCUT2D eigenvalue weighted by atomic mass is 16.5. The van der Waals surface area contributed by atoms with E-state index in [4.69, 9.17) is 4.74 Å². The Labute approximate surface area is 119 Å². The van der Waals surface area contributed by atoms with Crippen molar-refractivity contribution in [3.8, 4) is 0 Å². The van der Waals surface area contributed by atoms with Crippen LogP contribution in [0, 0.1) is 0 Å². The lowest BCUT2D eigenvalue weighted by atomic mass is 10.2. The molecular weight excluding hydrogens is 256 g/mol. The van der Waals surface area contributed by atoms with Crippen LogP contribution in [0.15, 0.2) is 12.5 Å². The molecule has 1 aliphatic heterocycles. The summed E-state index contributed by atoms with van der Waals surface area (Å²) in [6.07, 6.45) is 6.26. The van der Waals surface area contributed by atoms with Gasteiger partial charge in [0.25, 0.3) is 0 Å². The summed E-state index contributed by atoms with van der Waals surface area (Å²) in [7, 11) is 0. The van der Waals surface area contributed by atoms with Crippen LogP contribution in [0.1, 0.15) is 31.5 Å². The molecule has 1 atom stereocenters. The lowest BCUT2D eigenvalue weighted by Gasteiger charge is -2.29. The van der Waals surface area contributed by atoms with Gasteiger partial charge in [-0.25, -0.2) is 4.98 Å². The van der Waals surface area contributed by atoms with Gasteiger partial charge in [-0.15, -0.1) is 0 Å². The van der Waals surface area contributed by atoms with Gasteiger partial charge in [-0.3, -0.25) is 4.79 Å². The van der Waals surface area contributed by atoms with E-state index in [1.54, 1.807) is 0 Å². The molecule has 110 valence electrons. The summed E-state index contributed by atoms with van der Waals surface area (Å²) in [5.41, 5.74) is 1.16. The van der Waals surface area contributed by atoms with Gasteiger partial charge in [-0.1, -0.05) is 0 Å². The Balaban J connectivity index is 1.51. The average Bonchev–Trinajstić information content (AvgIpc) is 3.23. The normalized spacial score (nSPS) is 20.9. The van der Waals surface area contributed by atoms with Crippen molar-refractivity contribution >= 4 is 5.91 Å². The molecule has 0 spiro atoms. The van der Waals surface area contributed by atoms with Crippen LogP contribution in [0.4, 0.5) is 0 Å². The number of aromatic nitrogens is 2. The first-order valence-corrected chi connectivity index (χ1v) is 7.36. The van der Waals surface area contributed by atoms with Gasteiger partial charge >= 0.3 is 0 Å².